The Balaban J connectivity index is 1.49. The van der Waals surface area contributed by atoms with E-state index in [1.54, 1.807) is 29.5 Å². The molecule has 1 aromatic carbocycles. The summed E-state index contributed by atoms with van der Waals surface area (Å²) in [5.41, 5.74) is 1.07. The Morgan fingerprint density at radius 3 is 3.00 bits per heavy atom. The van der Waals surface area contributed by atoms with Crippen molar-refractivity contribution in [3.8, 4) is 0 Å². The minimum Gasteiger partial charge on any atom is -0.467 e. The van der Waals surface area contributed by atoms with E-state index in [1.807, 2.05) is 34.7 Å². The van der Waals surface area contributed by atoms with Crippen molar-refractivity contribution in [3.63, 3.8) is 0 Å². The number of aromatic nitrogens is 3. The molecule has 0 saturated carbocycles. The molecule has 0 fully saturated rings. The Morgan fingerprint density at radius 1 is 1.29 bits per heavy atom. The second-order valence-electron chi connectivity index (χ2n) is 5.29. The SMILES string of the molecule is CN(Cc1ccco1)C(=O)CSc1nnc2sc3ccccc3n12. The summed E-state index contributed by atoms with van der Waals surface area (Å²) in [4.78, 5) is 14.8. The third-order valence-corrected chi connectivity index (χ3v) is 5.56. The van der Waals surface area contributed by atoms with Crippen LogP contribution in [0.2, 0.25) is 0 Å². The minimum atomic E-state index is 0.0210. The molecule has 8 heteroatoms. The summed E-state index contributed by atoms with van der Waals surface area (Å²) in [6.07, 6.45) is 1.61. The minimum absolute atomic E-state index is 0.0210. The number of amides is 1. The van der Waals surface area contributed by atoms with Crippen LogP contribution >= 0.6 is 23.1 Å². The van der Waals surface area contributed by atoms with E-state index in [9.17, 15) is 4.79 Å². The zero-order valence-corrected chi connectivity index (χ0v) is 14.5. The second kappa shape index (κ2) is 6.29. The third kappa shape index (κ3) is 2.78. The highest BCUT2D eigenvalue weighted by Gasteiger charge is 2.16. The van der Waals surface area contributed by atoms with Crippen LogP contribution in [0.1, 0.15) is 5.76 Å². The molecule has 6 nitrogen and oxygen atoms in total. The van der Waals surface area contributed by atoms with Crippen molar-refractivity contribution < 1.29 is 9.21 Å². The monoisotopic (exact) mass is 358 g/mol. The van der Waals surface area contributed by atoms with Crippen LogP contribution in [0.15, 0.2) is 52.2 Å². The molecule has 0 saturated heterocycles. The van der Waals surface area contributed by atoms with Gasteiger partial charge >= 0.3 is 0 Å². The molecule has 4 rings (SSSR count). The standard InChI is InChI=1S/C16H14N4O2S2/c1-19(9-11-5-4-8-22-11)14(21)10-23-15-17-18-16-20(15)12-6-2-3-7-13(12)24-16/h2-8H,9-10H2,1H3. The number of rotatable bonds is 5. The Labute approximate surface area is 146 Å². The number of carbonyl (C=O) groups is 1. The van der Waals surface area contributed by atoms with E-state index in [0.29, 0.717) is 12.3 Å². The van der Waals surface area contributed by atoms with Gasteiger partial charge in [0, 0.05) is 7.05 Å². The predicted molar refractivity (Wildman–Crippen MR) is 94.3 cm³/mol. The van der Waals surface area contributed by atoms with Crippen molar-refractivity contribution in [2.24, 2.45) is 0 Å². The van der Waals surface area contributed by atoms with E-state index < -0.39 is 0 Å². The van der Waals surface area contributed by atoms with Gasteiger partial charge in [0.25, 0.3) is 0 Å². The Morgan fingerprint density at radius 2 is 2.17 bits per heavy atom. The van der Waals surface area contributed by atoms with Gasteiger partial charge in [0.15, 0.2) is 5.16 Å². The van der Waals surface area contributed by atoms with Crippen molar-refractivity contribution in [3.05, 3.63) is 48.4 Å². The molecule has 4 aromatic rings. The molecule has 0 radical (unpaired) electrons. The number of para-hydroxylation sites is 1. The molecule has 0 aliphatic rings. The van der Waals surface area contributed by atoms with Crippen LogP contribution in [-0.2, 0) is 11.3 Å². The largest absolute Gasteiger partial charge is 0.467 e. The van der Waals surface area contributed by atoms with Crippen molar-refractivity contribution in [1.29, 1.82) is 0 Å². The van der Waals surface area contributed by atoms with E-state index >= 15 is 0 Å². The number of hydrogen-bond acceptors (Lipinski definition) is 6. The average Bonchev–Trinajstić information content (AvgIpc) is 3.29. The number of thiazole rings is 1. The zero-order chi connectivity index (χ0) is 16.5. The van der Waals surface area contributed by atoms with E-state index in [0.717, 1.165) is 26.1 Å². The summed E-state index contributed by atoms with van der Waals surface area (Å²) in [6.45, 7) is 0.461. The van der Waals surface area contributed by atoms with Gasteiger partial charge in [0.1, 0.15) is 5.76 Å². The molecule has 122 valence electrons. The lowest BCUT2D eigenvalue weighted by Crippen LogP contribution is -2.27. The number of carbonyl (C=O) groups excluding carboxylic acids is 1. The number of benzene rings is 1. The lowest BCUT2D eigenvalue weighted by Gasteiger charge is -2.14. The fourth-order valence-corrected chi connectivity index (χ4v) is 4.32. The third-order valence-electron chi connectivity index (χ3n) is 3.63. The van der Waals surface area contributed by atoms with Crippen LogP contribution in [0, 0.1) is 0 Å². The summed E-state index contributed by atoms with van der Waals surface area (Å²) >= 11 is 2.99. The summed E-state index contributed by atoms with van der Waals surface area (Å²) in [5, 5.41) is 9.16. The van der Waals surface area contributed by atoms with Gasteiger partial charge in [-0.2, -0.15) is 0 Å². The smallest absolute Gasteiger partial charge is 0.233 e. The van der Waals surface area contributed by atoms with Gasteiger partial charge < -0.3 is 9.32 Å². The van der Waals surface area contributed by atoms with Crippen LogP contribution in [0.5, 0.6) is 0 Å². The van der Waals surface area contributed by atoms with Crippen LogP contribution in [0.3, 0.4) is 0 Å². The number of hydrogen-bond donors (Lipinski definition) is 0. The molecule has 0 atom stereocenters. The average molecular weight is 358 g/mol. The maximum absolute atomic E-state index is 12.3. The van der Waals surface area contributed by atoms with Gasteiger partial charge in [-0.25, -0.2) is 0 Å². The molecule has 3 heterocycles. The van der Waals surface area contributed by atoms with E-state index in [2.05, 4.69) is 16.3 Å². The number of furan rings is 1. The normalized spacial score (nSPS) is 11.4. The Bertz CT molecular complexity index is 990. The van der Waals surface area contributed by atoms with Crippen LogP contribution in [-0.4, -0.2) is 38.2 Å². The first kappa shape index (κ1) is 15.2. The van der Waals surface area contributed by atoms with Gasteiger partial charge in [0.05, 0.1) is 28.8 Å². The summed E-state index contributed by atoms with van der Waals surface area (Å²) in [7, 11) is 1.77. The molecule has 3 aromatic heterocycles. The highest BCUT2D eigenvalue weighted by atomic mass is 32.2. The van der Waals surface area contributed by atoms with Crippen LogP contribution in [0.4, 0.5) is 0 Å². The quantitative estimate of drug-likeness (QED) is 0.512. The Hall–Kier alpha value is -2.32. The molecular formula is C16H14N4O2S2. The molecule has 0 spiro atoms. The zero-order valence-electron chi connectivity index (χ0n) is 12.9. The van der Waals surface area contributed by atoms with E-state index in [-0.39, 0.29) is 5.91 Å². The van der Waals surface area contributed by atoms with Gasteiger partial charge in [-0.05, 0) is 24.3 Å². The first-order chi connectivity index (χ1) is 11.7. The van der Waals surface area contributed by atoms with Crippen LogP contribution in [0.25, 0.3) is 15.2 Å². The number of fused-ring (bicyclic) bond motifs is 3. The van der Waals surface area contributed by atoms with Crippen molar-refractivity contribution in [2.45, 2.75) is 11.7 Å². The summed E-state index contributed by atoms with van der Waals surface area (Å²) in [6, 6.07) is 11.8. The molecule has 24 heavy (non-hydrogen) atoms. The second-order valence-corrected chi connectivity index (χ2v) is 7.24. The van der Waals surface area contributed by atoms with Crippen LogP contribution < -0.4 is 0 Å². The van der Waals surface area contributed by atoms with Gasteiger partial charge in [-0.1, -0.05) is 35.2 Å². The van der Waals surface area contributed by atoms with Gasteiger partial charge in [-0.3, -0.25) is 9.20 Å². The van der Waals surface area contributed by atoms with Gasteiger partial charge in [-0.15, -0.1) is 10.2 Å². The number of nitrogens with zero attached hydrogens (tertiary/aromatic N) is 4. The number of thioether (sulfide) groups is 1. The fourth-order valence-electron chi connectivity index (χ4n) is 2.41. The predicted octanol–water partition coefficient (Wildman–Crippen LogP) is 3.29. The molecule has 0 bridgehead atoms. The highest BCUT2D eigenvalue weighted by Crippen LogP contribution is 2.29. The molecule has 0 unspecified atom stereocenters. The molecule has 0 aliphatic carbocycles. The van der Waals surface area contributed by atoms with Gasteiger partial charge in [0.2, 0.25) is 10.9 Å². The maximum Gasteiger partial charge on any atom is 0.233 e. The maximum atomic E-state index is 12.3. The van der Waals surface area contributed by atoms with Crippen molar-refractivity contribution >= 4 is 44.2 Å². The molecular weight excluding hydrogens is 344 g/mol. The summed E-state index contributed by atoms with van der Waals surface area (Å²) in [5.74, 6) is 1.10. The highest BCUT2D eigenvalue weighted by molar-refractivity contribution is 7.99. The fraction of sp³-hybridized carbons (Fsp3) is 0.188. The van der Waals surface area contributed by atoms with Crippen molar-refractivity contribution in [1.82, 2.24) is 19.5 Å². The lowest BCUT2D eigenvalue weighted by molar-refractivity contribution is -0.127. The topological polar surface area (TPSA) is 63.6 Å². The first-order valence-electron chi connectivity index (χ1n) is 7.34. The molecule has 0 N–H and O–H groups in total. The molecule has 1 amide bonds. The summed E-state index contributed by atoms with van der Waals surface area (Å²) < 4.78 is 8.44. The molecule has 0 aliphatic heterocycles. The van der Waals surface area contributed by atoms with E-state index in [4.69, 9.17) is 4.42 Å². The van der Waals surface area contributed by atoms with E-state index in [1.165, 1.54) is 11.8 Å². The first-order valence-corrected chi connectivity index (χ1v) is 9.14. The lowest BCUT2D eigenvalue weighted by atomic mass is 10.3. The van der Waals surface area contributed by atoms with Crippen molar-refractivity contribution in [2.75, 3.05) is 12.8 Å². The Kier molecular flexibility index (Phi) is 3.99.